The monoisotopic (exact) mass is 387 g/mol. The zero-order valence-corrected chi connectivity index (χ0v) is 14.3. The molecule has 2 rings (SSSR count). The van der Waals surface area contributed by atoms with Crippen LogP contribution in [0.2, 0.25) is 0 Å². The summed E-state index contributed by atoms with van der Waals surface area (Å²) in [5.41, 5.74) is 2.61. The van der Waals surface area contributed by atoms with Gasteiger partial charge in [0.15, 0.2) is 0 Å². The van der Waals surface area contributed by atoms with Gasteiger partial charge in [-0.3, -0.25) is 0 Å². The van der Waals surface area contributed by atoms with Crippen LogP contribution in [0.15, 0.2) is 38.6 Å². The van der Waals surface area contributed by atoms with Gasteiger partial charge in [0, 0.05) is 26.3 Å². The Hall–Kier alpha value is -0.160. The molecule has 0 aliphatic carbocycles. The molecule has 0 aliphatic rings. The second kappa shape index (κ2) is 6.33. The van der Waals surface area contributed by atoms with E-state index in [0.717, 1.165) is 10.9 Å². The van der Waals surface area contributed by atoms with Crippen molar-refractivity contribution in [3.05, 3.63) is 54.6 Å². The highest BCUT2D eigenvalue weighted by molar-refractivity contribution is 9.10. The third-order valence-electron chi connectivity index (χ3n) is 2.90. The summed E-state index contributed by atoms with van der Waals surface area (Å²) in [7, 11) is 2.02. The minimum atomic E-state index is 0.344. The van der Waals surface area contributed by atoms with Gasteiger partial charge in [-0.25, -0.2) is 0 Å². The van der Waals surface area contributed by atoms with Gasteiger partial charge in [0.25, 0.3) is 0 Å². The molecule has 1 unspecified atom stereocenters. The van der Waals surface area contributed by atoms with Crippen molar-refractivity contribution in [3.63, 3.8) is 0 Å². The van der Waals surface area contributed by atoms with Crippen molar-refractivity contribution in [3.8, 4) is 0 Å². The third-order valence-corrected chi connectivity index (χ3v) is 5.30. The lowest BCUT2D eigenvalue weighted by molar-refractivity contribution is 0.595. The van der Waals surface area contributed by atoms with Crippen LogP contribution in [0.5, 0.6) is 0 Å². The molecular weight excluding hydrogens is 374 g/mol. The lowest BCUT2D eigenvalue weighted by Crippen LogP contribution is -2.18. The summed E-state index contributed by atoms with van der Waals surface area (Å²) >= 11 is 8.96. The number of likely N-dealkylation sites (N-methyl/N-ethyl adjacent to an activating group) is 1. The van der Waals surface area contributed by atoms with Crippen LogP contribution >= 0.6 is 43.2 Å². The minimum absolute atomic E-state index is 0.344. The summed E-state index contributed by atoms with van der Waals surface area (Å²) in [6, 6.07) is 9.02. The van der Waals surface area contributed by atoms with E-state index in [1.54, 1.807) is 11.3 Å². The molecule has 0 fully saturated rings. The van der Waals surface area contributed by atoms with Crippen molar-refractivity contribution in [1.82, 2.24) is 5.32 Å². The number of hydrogen-bond acceptors (Lipinski definition) is 2. The Kier molecular flexibility index (Phi) is 5.01. The normalized spacial score (nSPS) is 12.7. The van der Waals surface area contributed by atoms with Crippen molar-refractivity contribution < 1.29 is 0 Å². The van der Waals surface area contributed by atoms with Crippen LogP contribution in [-0.2, 0) is 6.42 Å². The van der Waals surface area contributed by atoms with E-state index in [0.29, 0.717) is 6.04 Å². The Morgan fingerprint density at radius 1 is 1.28 bits per heavy atom. The molecule has 1 nitrogen and oxygen atoms in total. The predicted molar refractivity (Wildman–Crippen MR) is 86.4 cm³/mol. The lowest BCUT2D eigenvalue weighted by Gasteiger charge is -2.17. The first-order chi connectivity index (χ1) is 8.60. The summed E-state index contributed by atoms with van der Waals surface area (Å²) in [5, 5.41) is 5.53. The van der Waals surface area contributed by atoms with E-state index >= 15 is 0 Å². The second-order valence-corrected chi connectivity index (χ2v) is 7.07. The van der Waals surface area contributed by atoms with Crippen LogP contribution in [0.3, 0.4) is 0 Å². The number of nitrogens with one attached hydrogen (secondary N) is 1. The van der Waals surface area contributed by atoms with E-state index in [2.05, 4.69) is 73.7 Å². The fourth-order valence-electron chi connectivity index (χ4n) is 2.01. The summed E-state index contributed by atoms with van der Waals surface area (Å²) in [6.45, 7) is 2.13. The van der Waals surface area contributed by atoms with Crippen LogP contribution in [0, 0.1) is 6.92 Å². The highest BCUT2D eigenvalue weighted by Crippen LogP contribution is 2.29. The first kappa shape index (κ1) is 14.3. The van der Waals surface area contributed by atoms with Crippen molar-refractivity contribution in [2.45, 2.75) is 19.4 Å². The second-order valence-electron chi connectivity index (χ2n) is 4.30. The highest BCUT2D eigenvalue weighted by atomic mass is 79.9. The summed E-state index contributed by atoms with van der Waals surface area (Å²) in [4.78, 5) is 1.38. The molecule has 1 atom stereocenters. The summed E-state index contributed by atoms with van der Waals surface area (Å²) in [5.74, 6) is 0. The van der Waals surface area contributed by atoms with Crippen molar-refractivity contribution >= 4 is 43.2 Å². The smallest absolute Gasteiger partial charge is 0.0367 e. The number of rotatable bonds is 4. The van der Waals surface area contributed by atoms with Crippen molar-refractivity contribution in [2.75, 3.05) is 7.05 Å². The molecule has 2 aromatic rings. The molecule has 0 saturated carbocycles. The van der Waals surface area contributed by atoms with Gasteiger partial charge in [-0.2, -0.15) is 0 Å². The molecule has 1 aromatic heterocycles. The molecular formula is C14H15Br2NS. The fourth-order valence-corrected chi connectivity index (χ4v) is 4.20. The van der Waals surface area contributed by atoms with Crippen LogP contribution in [0.4, 0.5) is 0 Å². The van der Waals surface area contributed by atoms with E-state index < -0.39 is 0 Å². The Balaban J connectivity index is 2.25. The molecule has 0 spiro atoms. The van der Waals surface area contributed by atoms with Crippen LogP contribution in [-0.4, -0.2) is 7.05 Å². The number of halogens is 2. The number of benzene rings is 1. The molecule has 0 aliphatic heterocycles. The van der Waals surface area contributed by atoms with Gasteiger partial charge in [-0.1, -0.05) is 22.0 Å². The van der Waals surface area contributed by atoms with Gasteiger partial charge >= 0.3 is 0 Å². The maximum Gasteiger partial charge on any atom is 0.0367 e. The summed E-state index contributed by atoms with van der Waals surface area (Å²) < 4.78 is 2.35. The molecule has 1 aromatic carbocycles. The number of aryl methyl sites for hydroxylation is 1. The molecule has 1 heterocycles. The van der Waals surface area contributed by atoms with E-state index in [1.165, 1.54) is 20.5 Å². The first-order valence-electron chi connectivity index (χ1n) is 5.76. The maximum absolute atomic E-state index is 3.60. The lowest BCUT2D eigenvalue weighted by atomic mass is 10.0. The van der Waals surface area contributed by atoms with E-state index in [4.69, 9.17) is 0 Å². The van der Waals surface area contributed by atoms with Gasteiger partial charge in [0.1, 0.15) is 0 Å². The van der Waals surface area contributed by atoms with E-state index in [-0.39, 0.29) is 0 Å². The Morgan fingerprint density at radius 3 is 2.61 bits per heavy atom. The largest absolute Gasteiger partial charge is 0.313 e. The third kappa shape index (κ3) is 3.44. The van der Waals surface area contributed by atoms with Gasteiger partial charge in [-0.15, -0.1) is 11.3 Å². The predicted octanol–water partition coefficient (Wildman–Crippen LogP) is 5.08. The Bertz CT molecular complexity index is 516. The summed E-state index contributed by atoms with van der Waals surface area (Å²) in [6.07, 6.45) is 1.00. The zero-order chi connectivity index (χ0) is 13.1. The first-order valence-corrected chi connectivity index (χ1v) is 8.23. The van der Waals surface area contributed by atoms with Crippen molar-refractivity contribution in [1.29, 1.82) is 0 Å². The molecule has 4 heteroatoms. The van der Waals surface area contributed by atoms with Gasteiger partial charge in [-0.05, 0) is 64.6 Å². The Morgan fingerprint density at radius 2 is 2.06 bits per heavy atom. The fraction of sp³-hybridized carbons (Fsp3) is 0.286. The minimum Gasteiger partial charge on any atom is -0.313 e. The molecule has 0 radical (unpaired) electrons. The number of hydrogen-bond donors (Lipinski definition) is 1. The molecule has 96 valence electrons. The SMILES string of the molecule is CNC(Cc1sccc1Br)c1cc(C)cc(Br)c1. The average molecular weight is 389 g/mol. The number of thiophene rings is 1. The molecule has 0 amide bonds. The van der Waals surface area contributed by atoms with Gasteiger partial charge < -0.3 is 5.32 Å². The zero-order valence-electron chi connectivity index (χ0n) is 10.3. The topological polar surface area (TPSA) is 12.0 Å². The average Bonchev–Trinajstić information content (AvgIpc) is 2.70. The van der Waals surface area contributed by atoms with Crippen molar-refractivity contribution in [2.24, 2.45) is 0 Å². The molecule has 1 N–H and O–H groups in total. The standard InChI is InChI=1S/C14H15Br2NS/c1-9-5-10(7-11(15)6-9)13(17-2)8-14-12(16)3-4-18-14/h3-7,13,17H,8H2,1-2H3. The van der Waals surface area contributed by atoms with Crippen LogP contribution in [0.1, 0.15) is 22.0 Å². The van der Waals surface area contributed by atoms with E-state index in [1.807, 2.05) is 7.05 Å². The molecule has 18 heavy (non-hydrogen) atoms. The molecule has 0 bridgehead atoms. The van der Waals surface area contributed by atoms with Crippen LogP contribution < -0.4 is 5.32 Å². The Labute approximate surface area is 129 Å². The maximum atomic E-state index is 3.60. The quantitative estimate of drug-likeness (QED) is 0.769. The van der Waals surface area contributed by atoms with Crippen LogP contribution in [0.25, 0.3) is 0 Å². The van der Waals surface area contributed by atoms with E-state index in [9.17, 15) is 0 Å². The highest BCUT2D eigenvalue weighted by Gasteiger charge is 2.13. The molecule has 0 saturated heterocycles. The van der Waals surface area contributed by atoms with Gasteiger partial charge in [0.05, 0.1) is 0 Å². The van der Waals surface area contributed by atoms with Gasteiger partial charge in [0.2, 0.25) is 0 Å².